The Labute approximate surface area is 180 Å². The zero-order valence-corrected chi connectivity index (χ0v) is 18.0. The molecule has 0 unspecified atom stereocenters. The monoisotopic (exact) mass is 415 g/mol. The van der Waals surface area contributed by atoms with E-state index in [1.54, 1.807) is 31.8 Å². The summed E-state index contributed by atoms with van der Waals surface area (Å²) in [6.07, 6.45) is 5.72. The van der Waals surface area contributed by atoms with Gasteiger partial charge in [-0.25, -0.2) is 0 Å². The summed E-state index contributed by atoms with van der Waals surface area (Å²) in [5.41, 5.74) is 3.62. The molecule has 4 aromatic rings. The van der Waals surface area contributed by atoms with Crippen LogP contribution < -0.4 is 10.3 Å². The number of methoxy groups -OCH3 is 1. The minimum atomic E-state index is -0.202. The number of hydrogen-bond donors (Lipinski definition) is 0. The van der Waals surface area contributed by atoms with Gasteiger partial charge in [-0.05, 0) is 61.5 Å². The predicted octanol–water partition coefficient (Wildman–Crippen LogP) is 3.95. The van der Waals surface area contributed by atoms with E-state index in [1.807, 2.05) is 38.1 Å². The van der Waals surface area contributed by atoms with Crippen LogP contribution in [-0.4, -0.2) is 27.0 Å². The number of rotatable bonds is 7. The Hall–Kier alpha value is -3.67. The quantitative estimate of drug-likeness (QED) is 0.429. The SMILES string of the molecule is COc1ccc(CCn2c(C)cc(C(=O)Cn3ccc4ccncc4c3=O)c2C)cc1. The van der Waals surface area contributed by atoms with Gasteiger partial charge in [-0.2, -0.15) is 0 Å². The van der Waals surface area contributed by atoms with Crippen molar-refractivity contribution in [3.63, 3.8) is 0 Å². The molecule has 0 radical (unpaired) electrons. The topological polar surface area (TPSA) is 66.1 Å². The van der Waals surface area contributed by atoms with Crippen LogP contribution in [0.4, 0.5) is 0 Å². The molecule has 6 nitrogen and oxygen atoms in total. The molecule has 0 saturated carbocycles. The molecule has 3 heterocycles. The number of carbonyl (C=O) groups is 1. The van der Waals surface area contributed by atoms with Gasteiger partial charge in [0.05, 0.1) is 19.0 Å². The molecule has 0 aliphatic rings. The molecule has 0 bridgehead atoms. The maximum atomic E-state index is 13.0. The van der Waals surface area contributed by atoms with Crippen LogP contribution in [0, 0.1) is 13.8 Å². The van der Waals surface area contributed by atoms with Crippen molar-refractivity contribution >= 4 is 16.6 Å². The van der Waals surface area contributed by atoms with Gasteiger partial charge in [-0.1, -0.05) is 12.1 Å². The van der Waals surface area contributed by atoms with E-state index in [0.717, 1.165) is 35.5 Å². The van der Waals surface area contributed by atoms with E-state index < -0.39 is 0 Å². The minimum Gasteiger partial charge on any atom is -0.497 e. The first kappa shape index (κ1) is 20.6. The summed E-state index contributed by atoms with van der Waals surface area (Å²) in [5.74, 6) is 0.763. The largest absolute Gasteiger partial charge is 0.497 e. The molecule has 0 saturated heterocycles. The number of nitrogens with zero attached hydrogens (tertiary/aromatic N) is 3. The molecule has 0 fully saturated rings. The first-order valence-electron chi connectivity index (χ1n) is 10.2. The molecule has 3 aromatic heterocycles. The Balaban J connectivity index is 1.53. The fraction of sp³-hybridized carbons (Fsp3) is 0.240. The van der Waals surface area contributed by atoms with Gasteiger partial charge in [-0.3, -0.25) is 14.6 Å². The highest BCUT2D eigenvalue weighted by Crippen LogP contribution is 2.19. The average Bonchev–Trinajstić information content (AvgIpc) is 3.08. The molecule has 0 N–H and O–H groups in total. The molecule has 0 aliphatic carbocycles. The van der Waals surface area contributed by atoms with Gasteiger partial charge in [0.25, 0.3) is 5.56 Å². The number of hydrogen-bond acceptors (Lipinski definition) is 4. The van der Waals surface area contributed by atoms with Gasteiger partial charge in [0, 0.05) is 42.1 Å². The standard InChI is InChI=1S/C25H25N3O3/c1-17-14-22(18(2)28(17)13-9-19-4-6-21(31-3)7-5-19)24(29)16-27-12-10-20-8-11-26-15-23(20)25(27)30/h4-8,10-12,14-15H,9,13,16H2,1-3H3. The number of carbonyl (C=O) groups excluding carboxylic acids is 1. The van der Waals surface area contributed by atoms with Crippen molar-refractivity contribution in [2.75, 3.05) is 7.11 Å². The van der Waals surface area contributed by atoms with Crippen LogP contribution >= 0.6 is 0 Å². The van der Waals surface area contributed by atoms with E-state index in [4.69, 9.17) is 4.74 Å². The fourth-order valence-electron chi connectivity index (χ4n) is 3.95. The average molecular weight is 415 g/mol. The van der Waals surface area contributed by atoms with Crippen LogP contribution in [0.2, 0.25) is 0 Å². The number of pyridine rings is 2. The molecule has 0 aliphatic heterocycles. The normalized spacial score (nSPS) is 11.1. The van der Waals surface area contributed by atoms with Gasteiger partial charge in [-0.15, -0.1) is 0 Å². The van der Waals surface area contributed by atoms with Crippen LogP contribution in [0.3, 0.4) is 0 Å². The molecule has 1 aromatic carbocycles. The van der Waals surface area contributed by atoms with Gasteiger partial charge < -0.3 is 13.9 Å². The molecule has 0 spiro atoms. The summed E-state index contributed by atoms with van der Waals surface area (Å²) in [6.45, 7) is 4.75. The van der Waals surface area contributed by atoms with Gasteiger partial charge >= 0.3 is 0 Å². The summed E-state index contributed by atoms with van der Waals surface area (Å²) >= 11 is 0. The van der Waals surface area contributed by atoms with Crippen LogP contribution in [0.5, 0.6) is 5.75 Å². The second kappa shape index (κ2) is 8.60. The number of fused-ring (bicyclic) bond motifs is 1. The molecular weight excluding hydrogens is 390 g/mol. The Morgan fingerprint density at radius 3 is 2.61 bits per heavy atom. The lowest BCUT2D eigenvalue weighted by Gasteiger charge is -2.11. The summed E-state index contributed by atoms with van der Waals surface area (Å²) in [6, 6.07) is 13.6. The van der Waals surface area contributed by atoms with Gasteiger partial charge in [0.1, 0.15) is 5.75 Å². The second-order valence-corrected chi connectivity index (χ2v) is 7.67. The van der Waals surface area contributed by atoms with Crippen molar-refractivity contribution in [2.45, 2.75) is 33.4 Å². The first-order chi connectivity index (χ1) is 15.0. The van der Waals surface area contributed by atoms with E-state index in [2.05, 4.69) is 21.7 Å². The van der Waals surface area contributed by atoms with E-state index in [1.165, 1.54) is 10.1 Å². The highest BCUT2D eigenvalue weighted by Gasteiger charge is 2.17. The van der Waals surface area contributed by atoms with E-state index in [9.17, 15) is 9.59 Å². The van der Waals surface area contributed by atoms with E-state index in [-0.39, 0.29) is 17.9 Å². The first-order valence-corrected chi connectivity index (χ1v) is 10.2. The zero-order valence-electron chi connectivity index (χ0n) is 18.0. The highest BCUT2D eigenvalue weighted by molar-refractivity contribution is 5.97. The van der Waals surface area contributed by atoms with Gasteiger partial charge in [0.2, 0.25) is 0 Å². The lowest BCUT2D eigenvalue weighted by atomic mass is 10.1. The van der Waals surface area contributed by atoms with Crippen molar-refractivity contribution in [1.82, 2.24) is 14.1 Å². The lowest BCUT2D eigenvalue weighted by Crippen LogP contribution is -2.24. The third-order valence-corrected chi connectivity index (χ3v) is 5.75. The number of Topliss-reactive ketones (excluding diaryl/α,β-unsaturated/α-hetero) is 1. The highest BCUT2D eigenvalue weighted by atomic mass is 16.5. The van der Waals surface area contributed by atoms with Crippen LogP contribution in [-0.2, 0) is 19.5 Å². The minimum absolute atomic E-state index is 0.00639. The van der Waals surface area contributed by atoms with Crippen molar-refractivity contribution in [1.29, 1.82) is 0 Å². The van der Waals surface area contributed by atoms with Crippen molar-refractivity contribution in [3.05, 3.63) is 93.9 Å². The Kier molecular flexibility index (Phi) is 5.71. The number of benzene rings is 1. The number of ether oxygens (including phenoxy) is 1. The Bertz CT molecular complexity index is 1300. The smallest absolute Gasteiger partial charge is 0.260 e. The fourth-order valence-corrected chi connectivity index (χ4v) is 3.95. The van der Waals surface area contributed by atoms with Crippen LogP contribution in [0.15, 0.2) is 65.8 Å². The summed E-state index contributed by atoms with van der Waals surface area (Å²) in [5, 5.41) is 1.34. The second-order valence-electron chi connectivity index (χ2n) is 7.67. The lowest BCUT2D eigenvalue weighted by molar-refractivity contribution is 0.0970. The molecule has 6 heteroatoms. The predicted molar refractivity (Wildman–Crippen MR) is 121 cm³/mol. The molecular formula is C25H25N3O3. The molecule has 4 rings (SSSR count). The summed E-state index contributed by atoms with van der Waals surface area (Å²) in [4.78, 5) is 29.8. The van der Waals surface area contributed by atoms with Crippen molar-refractivity contribution in [3.8, 4) is 5.75 Å². The van der Waals surface area contributed by atoms with Crippen LogP contribution in [0.1, 0.15) is 27.3 Å². The Morgan fingerprint density at radius 1 is 1.10 bits per heavy atom. The zero-order chi connectivity index (χ0) is 22.0. The molecule has 158 valence electrons. The summed E-state index contributed by atoms with van der Waals surface area (Å²) < 4.78 is 8.82. The van der Waals surface area contributed by atoms with E-state index >= 15 is 0 Å². The number of aryl methyl sites for hydroxylation is 2. The van der Waals surface area contributed by atoms with E-state index in [0.29, 0.717) is 10.9 Å². The molecule has 0 amide bonds. The third-order valence-electron chi connectivity index (χ3n) is 5.75. The Morgan fingerprint density at radius 2 is 1.87 bits per heavy atom. The van der Waals surface area contributed by atoms with Gasteiger partial charge in [0.15, 0.2) is 5.78 Å². The molecule has 31 heavy (non-hydrogen) atoms. The van der Waals surface area contributed by atoms with Crippen LogP contribution in [0.25, 0.3) is 10.8 Å². The van der Waals surface area contributed by atoms with Crippen molar-refractivity contribution < 1.29 is 9.53 Å². The molecule has 0 atom stereocenters. The number of ketones is 1. The number of aromatic nitrogens is 3. The van der Waals surface area contributed by atoms with Crippen molar-refractivity contribution in [2.24, 2.45) is 0 Å². The summed E-state index contributed by atoms with van der Waals surface area (Å²) in [7, 11) is 1.66. The maximum absolute atomic E-state index is 13.0. The third kappa shape index (κ3) is 4.14. The maximum Gasteiger partial charge on any atom is 0.260 e.